The third-order valence-corrected chi connectivity index (χ3v) is 6.19. The summed E-state index contributed by atoms with van der Waals surface area (Å²) < 4.78 is 32.7. The number of hydrogen-bond donors (Lipinski definition) is 0. The van der Waals surface area contributed by atoms with Crippen LogP contribution in [-0.2, 0) is 16.6 Å². The number of anilines is 1. The molecule has 0 unspecified atom stereocenters. The first-order valence-electron chi connectivity index (χ1n) is 9.31. The first-order chi connectivity index (χ1) is 14.4. The summed E-state index contributed by atoms with van der Waals surface area (Å²) in [6.07, 6.45) is 3.78. The maximum atomic E-state index is 12.8. The van der Waals surface area contributed by atoms with Gasteiger partial charge in [0.1, 0.15) is 11.5 Å². The Morgan fingerprint density at radius 2 is 1.67 bits per heavy atom. The van der Waals surface area contributed by atoms with Crippen molar-refractivity contribution in [1.29, 1.82) is 0 Å². The monoisotopic (exact) mass is 427 g/mol. The van der Waals surface area contributed by atoms with Crippen molar-refractivity contribution in [2.45, 2.75) is 19.9 Å². The summed E-state index contributed by atoms with van der Waals surface area (Å²) in [6.45, 7) is 2.00. The third kappa shape index (κ3) is 5.32. The van der Waals surface area contributed by atoms with E-state index >= 15 is 0 Å². The zero-order valence-electron chi connectivity index (χ0n) is 16.3. The second-order valence-corrected chi connectivity index (χ2v) is 8.54. The molecule has 0 bridgehead atoms. The molecule has 0 radical (unpaired) electrons. The Kier molecular flexibility index (Phi) is 6.63. The fraction of sp³-hybridized carbons (Fsp3) is 0.190. The highest BCUT2D eigenvalue weighted by atomic mass is 32.2. The van der Waals surface area contributed by atoms with Crippen molar-refractivity contribution in [3.63, 3.8) is 0 Å². The molecule has 0 aliphatic rings. The van der Waals surface area contributed by atoms with E-state index in [4.69, 9.17) is 4.74 Å². The number of sulfonamides is 1. The van der Waals surface area contributed by atoms with Crippen molar-refractivity contribution in [2.24, 2.45) is 0 Å². The molecule has 0 amide bonds. The van der Waals surface area contributed by atoms with E-state index in [-0.39, 0.29) is 18.0 Å². The lowest BCUT2D eigenvalue weighted by Gasteiger charge is -2.24. The molecule has 0 fully saturated rings. The Morgan fingerprint density at radius 1 is 1.03 bits per heavy atom. The maximum Gasteiger partial charge on any atom is 0.269 e. The van der Waals surface area contributed by atoms with Gasteiger partial charge in [-0.05, 0) is 54.4 Å². The van der Waals surface area contributed by atoms with Gasteiger partial charge in [0.05, 0.1) is 22.9 Å². The Hall–Kier alpha value is -3.46. The van der Waals surface area contributed by atoms with Crippen molar-refractivity contribution in [2.75, 3.05) is 10.1 Å². The normalized spacial score (nSPS) is 11.1. The van der Waals surface area contributed by atoms with Gasteiger partial charge in [0.15, 0.2) is 0 Å². The predicted octanol–water partition coefficient (Wildman–Crippen LogP) is 4.53. The fourth-order valence-electron chi connectivity index (χ4n) is 2.83. The average molecular weight is 427 g/mol. The second kappa shape index (κ2) is 9.36. The Labute approximate surface area is 175 Å². The molecule has 3 rings (SSSR count). The van der Waals surface area contributed by atoms with Crippen LogP contribution in [0.5, 0.6) is 11.5 Å². The number of non-ortho nitro benzene ring substituents is 1. The molecule has 0 saturated heterocycles. The van der Waals surface area contributed by atoms with E-state index in [0.29, 0.717) is 23.6 Å². The van der Waals surface area contributed by atoms with Gasteiger partial charge in [-0.3, -0.25) is 19.4 Å². The highest BCUT2D eigenvalue weighted by Crippen LogP contribution is 2.28. The minimum Gasteiger partial charge on any atom is -0.457 e. The number of aromatic nitrogens is 1. The number of hydrogen-bond acceptors (Lipinski definition) is 6. The van der Waals surface area contributed by atoms with Crippen molar-refractivity contribution in [1.82, 2.24) is 4.98 Å². The number of ether oxygens (including phenoxy) is 1. The van der Waals surface area contributed by atoms with Crippen LogP contribution >= 0.6 is 0 Å². The van der Waals surface area contributed by atoms with Gasteiger partial charge >= 0.3 is 0 Å². The van der Waals surface area contributed by atoms with Crippen LogP contribution < -0.4 is 9.04 Å². The average Bonchev–Trinajstić information content (AvgIpc) is 2.74. The van der Waals surface area contributed by atoms with Crippen molar-refractivity contribution >= 4 is 21.4 Å². The largest absolute Gasteiger partial charge is 0.457 e. The third-order valence-electron chi connectivity index (χ3n) is 4.25. The topological polar surface area (TPSA) is 103 Å². The van der Waals surface area contributed by atoms with E-state index in [9.17, 15) is 18.5 Å². The molecule has 0 atom stereocenters. The summed E-state index contributed by atoms with van der Waals surface area (Å²) in [6, 6.07) is 16.0. The molecule has 30 heavy (non-hydrogen) atoms. The molecule has 9 heteroatoms. The highest BCUT2D eigenvalue weighted by Gasteiger charge is 2.22. The molecule has 1 aromatic heterocycles. The summed E-state index contributed by atoms with van der Waals surface area (Å²) in [5.74, 6) is 0.967. The summed E-state index contributed by atoms with van der Waals surface area (Å²) in [5.41, 5.74) is 1.27. The minimum absolute atomic E-state index is 0.0233. The molecule has 0 saturated carbocycles. The first-order valence-corrected chi connectivity index (χ1v) is 10.9. The predicted molar refractivity (Wildman–Crippen MR) is 114 cm³/mol. The molecule has 3 aromatic rings. The number of nitrogens with zero attached hydrogens (tertiary/aromatic N) is 3. The number of pyridine rings is 1. The summed E-state index contributed by atoms with van der Waals surface area (Å²) in [5, 5.41) is 10.7. The number of rotatable bonds is 9. The number of nitro benzene ring substituents is 1. The zero-order chi connectivity index (χ0) is 21.6. The smallest absolute Gasteiger partial charge is 0.269 e. The van der Waals surface area contributed by atoms with Crippen LogP contribution in [0.15, 0.2) is 73.1 Å². The maximum absolute atomic E-state index is 12.8. The van der Waals surface area contributed by atoms with Crippen LogP contribution in [0.3, 0.4) is 0 Å². The zero-order valence-corrected chi connectivity index (χ0v) is 17.2. The van der Waals surface area contributed by atoms with Crippen molar-refractivity contribution < 1.29 is 18.1 Å². The molecular formula is C21H21N3O5S. The van der Waals surface area contributed by atoms with Gasteiger partial charge in [0.25, 0.3) is 5.69 Å². The summed E-state index contributed by atoms with van der Waals surface area (Å²) in [4.78, 5) is 14.3. The van der Waals surface area contributed by atoms with E-state index in [1.807, 2.05) is 13.0 Å². The van der Waals surface area contributed by atoms with E-state index < -0.39 is 14.9 Å². The lowest BCUT2D eigenvalue weighted by molar-refractivity contribution is -0.384. The fourth-order valence-corrected chi connectivity index (χ4v) is 4.35. The molecule has 0 aliphatic heterocycles. The van der Waals surface area contributed by atoms with Crippen LogP contribution in [0.4, 0.5) is 11.4 Å². The van der Waals surface area contributed by atoms with Gasteiger partial charge in [-0.2, -0.15) is 0 Å². The lowest BCUT2D eigenvalue weighted by Crippen LogP contribution is -2.32. The van der Waals surface area contributed by atoms with E-state index in [0.717, 1.165) is 5.56 Å². The van der Waals surface area contributed by atoms with E-state index in [2.05, 4.69) is 4.98 Å². The SMILES string of the molecule is CCCS(=O)(=O)N(Cc1cccnc1)c1ccc(Oc2ccc([N+](=O)[O-])cc2)cc1. The minimum atomic E-state index is -3.51. The first kappa shape index (κ1) is 21.3. The number of benzene rings is 2. The summed E-state index contributed by atoms with van der Waals surface area (Å²) >= 11 is 0. The molecule has 0 N–H and O–H groups in total. The summed E-state index contributed by atoms with van der Waals surface area (Å²) in [7, 11) is -3.51. The molecule has 1 heterocycles. The molecule has 0 aliphatic carbocycles. The van der Waals surface area contributed by atoms with Crippen LogP contribution in [0.2, 0.25) is 0 Å². The molecule has 8 nitrogen and oxygen atoms in total. The van der Waals surface area contributed by atoms with Crippen molar-refractivity contribution in [3.05, 3.63) is 88.7 Å². The Bertz CT molecular complexity index is 1090. The van der Waals surface area contributed by atoms with Crippen LogP contribution in [0.1, 0.15) is 18.9 Å². The Morgan fingerprint density at radius 3 is 2.20 bits per heavy atom. The van der Waals surface area contributed by atoms with Crippen LogP contribution in [0.25, 0.3) is 0 Å². The van der Waals surface area contributed by atoms with Crippen LogP contribution in [-0.4, -0.2) is 24.1 Å². The van der Waals surface area contributed by atoms with Crippen molar-refractivity contribution in [3.8, 4) is 11.5 Å². The van der Waals surface area contributed by atoms with E-state index in [1.165, 1.54) is 28.6 Å². The Balaban J connectivity index is 1.81. The van der Waals surface area contributed by atoms with Gasteiger partial charge in [0.2, 0.25) is 10.0 Å². The van der Waals surface area contributed by atoms with Gasteiger partial charge in [-0.15, -0.1) is 0 Å². The lowest BCUT2D eigenvalue weighted by atomic mass is 10.2. The second-order valence-electron chi connectivity index (χ2n) is 6.53. The van der Waals surface area contributed by atoms with E-state index in [1.54, 1.807) is 42.7 Å². The van der Waals surface area contributed by atoms with Gasteiger partial charge in [0, 0.05) is 24.5 Å². The molecule has 156 valence electrons. The van der Waals surface area contributed by atoms with Gasteiger partial charge < -0.3 is 4.74 Å². The van der Waals surface area contributed by atoms with Gasteiger partial charge in [-0.25, -0.2) is 8.42 Å². The standard InChI is InChI=1S/C21H21N3O5S/c1-2-14-30(27,28)23(16-17-4-3-13-22-15-17)18-5-9-20(10-6-18)29-21-11-7-19(8-12-21)24(25)26/h3-13,15H,2,14,16H2,1H3. The van der Waals surface area contributed by atoms with Crippen LogP contribution in [0, 0.1) is 10.1 Å². The quantitative estimate of drug-likeness (QED) is 0.367. The number of nitro groups is 1. The molecule has 2 aromatic carbocycles. The molecule has 0 spiro atoms. The highest BCUT2D eigenvalue weighted by molar-refractivity contribution is 7.92. The van der Waals surface area contributed by atoms with Gasteiger partial charge in [-0.1, -0.05) is 13.0 Å². The molecular weight excluding hydrogens is 406 g/mol.